The highest BCUT2D eigenvalue weighted by Gasteiger charge is 1.78. The highest BCUT2D eigenvalue weighted by Crippen LogP contribution is 1.99. The Hall–Kier alpha value is -0.520. The first-order valence-electron chi connectivity index (χ1n) is 3.65. The van der Waals surface area contributed by atoms with E-state index in [0.29, 0.717) is 0 Å². The van der Waals surface area contributed by atoms with Gasteiger partial charge in [-0.1, -0.05) is 44.6 Å². The van der Waals surface area contributed by atoms with Crippen LogP contribution in [0, 0.1) is 0 Å². The molecule has 0 aliphatic heterocycles. The molecule has 0 aliphatic carbocycles. The van der Waals surface area contributed by atoms with Gasteiger partial charge in [0.15, 0.2) is 0 Å². The van der Waals surface area contributed by atoms with E-state index in [0.717, 1.165) is 6.42 Å². The number of hydrogen-bond donors (Lipinski definition) is 0. The molecule has 0 rings (SSSR count). The first kappa shape index (κ1) is 8.48. The van der Waals surface area contributed by atoms with Gasteiger partial charge in [-0.2, -0.15) is 0 Å². The number of rotatable bonds is 4. The molecule has 0 saturated heterocycles. The van der Waals surface area contributed by atoms with E-state index in [2.05, 4.69) is 32.6 Å². The second-order valence-corrected chi connectivity index (χ2v) is 2.20. The average Bonchev–Trinajstić information content (AvgIpc) is 1.89. The molecule has 0 aliphatic rings. The summed E-state index contributed by atoms with van der Waals surface area (Å²) in [5.74, 6) is 0. The van der Waals surface area contributed by atoms with E-state index < -0.39 is 0 Å². The maximum atomic E-state index is 3.86. The fraction of sp³-hybridized carbons (Fsp3) is 0.556. The van der Waals surface area contributed by atoms with Crippen molar-refractivity contribution in [1.29, 1.82) is 0 Å². The lowest BCUT2D eigenvalue weighted by molar-refractivity contribution is 0.956. The van der Waals surface area contributed by atoms with Crippen LogP contribution in [0.25, 0.3) is 0 Å². The van der Waals surface area contributed by atoms with Crippen LogP contribution in [0.15, 0.2) is 24.3 Å². The third kappa shape index (κ3) is 5.35. The van der Waals surface area contributed by atoms with Crippen molar-refractivity contribution in [2.75, 3.05) is 0 Å². The lowest BCUT2D eigenvalue weighted by Crippen LogP contribution is -1.68. The molecule has 0 radical (unpaired) electrons. The van der Waals surface area contributed by atoms with Crippen molar-refractivity contribution in [2.45, 2.75) is 33.1 Å². The molecule has 0 N–H and O–H groups in total. The van der Waals surface area contributed by atoms with Crippen molar-refractivity contribution in [3.63, 3.8) is 0 Å². The molecule has 0 aromatic rings. The minimum absolute atomic E-state index is 1.07. The monoisotopic (exact) mass is 124 g/mol. The quantitative estimate of drug-likeness (QED) is 0.504. The zero-order valence-electron chi connectivity index (χ0n) is 6.48. The second kappa shape index (κ2) is 5.61. The maximum Gasteiger partial charge on any atom is -0.0313 e. The van der Waals surface area contributed by atoms with Gasteiger partial charge in [0.05, 0.1) is 0 Å². The van der Waals surface area contributed by atoms with Crippen LogP contribution in [0.2, 0.25) is 0 Å². The largest absolute Gasteiger partial charge is 0.0959 e. The van der Waals surface area contributed by atoms with Crippen LogP contribution in [0.5, 0.6) is 0 Å². The fourth-order valence-electron chi connectivity index (χ4n) is 0.535. The summed E-state index contributed by atoms with van der Waals surface area (Å²) in [5, 5.41) is 0. The predicted molar refractivity (Wildman–Crippen MR) is 43.5 cm³/mol. The molecule has 0 fully saturated rings. The molecular weight excluding hydrogens is 108 g/mol. The van der Waals surface area contributed by atoms with Crippen LogP contribution in [-0.4, -0.2) is 0 Å². The van der Waals surface area contributed by atoms with Crippen molar-refractivity contribution < 1.29 is 0 Å². The summed E-state index contributed by atoms with van der Waals surface area (Å²) < 4.78 is 0. The lowest BCUT2D eigenvalue weighted by atomic mass is 10.2. The van der Waals surface area contributed by atoms with Crippen LogP contribution < -0.4 is 0 Å². The molecule has 52 valence electrons. The predicted octanol–water partition coefficient (Wildman–Crippen LogP) is 3.31. The minimum Gasteiger partial charge on any atom is -0.0959 e. The Balaban J connectivity index is 3.32. The van der Waals surface area contributed by atoms with Gasteiger partial charge in [-0.25, -0.2) is 0 Å². The van der Waals surface area contributed by atoms with Crippen LogP contribution in [0.1, 0.15) is 33.1 Å². The van der Waals surface area contributed by atoms with Gasteiger partial charge in [0.2, 0.25) is 0 Å². The summed E-state index contributed by atoms with van der Waals surface area (Å²) in [5.41, 5.74) is 1.23. The molecule has 0 bridgehead atoms. The van der Waals surface area contributed by atoms with Crippen molar-refractivity contribution in [3.05, 3.63) is 24.3 Å². The molecule has 0 atom stereocenters. The average molecular weight is 124 g/mol. The Labute approximate surface area is 58.3 Å². The molecule has 9 heavy (non-hydrogen) atoms. The Morgan fingerprint density at radius 1 is 1.44 bits per heavy atom. The second-order valence-electron chi connectivity index (χ2n) is 2.20. The Morgan fingerprint density at radius 2 is 2.11 bits per heavy atom. The Kier molecular flexibility index (Phi) is 5.29. The molecule has 0 aromatic carbocycles. The van der Waals surface area contributed by atoms with E-state index in [1.807, 2.05) is 0 Å². The molecule has 0 spiro atoms. The topological polar surface area (TPSA) is 0 Å². The third-order valence-corrected chi connectivity index (χ3v) is 1.26. The smallest absolute Gasteiger partial charge is 0.0313 e. The molecule has 0 heteroatoms. The van der Waals surface area contributed by atoms with E-state index in [4.69, 9.17) is 0 Å². The number of allylic oxidation sites excluding steroid dienone is 3. The van der Waals surface area contributed by atoms with E-state index >= 15 is 0 Å². The number of hydrogen-bond acceptors (Lipinski definition) is 0. The van der Waals surface area contributed by atoms with Gasteiger partial charge in [0, 0.05) is 0 Å². The van der Waals surface area contributed by atoms with E-state index in [1.54, 1.807) is 0 Å². The zero-order valence-corrected chi connectivity index (χ0v) is 6.48. The van der Waals surface area contributed by atoms with Crippen LogP contribution in [0.3, 0.4) is 0 Å². The summed E-state index contributed by atoms with van der Waals surface area (Å²) in [4.78, 5) is 0. The van der Waals surface area contributed by atoms with Crippen molar-refractivity contribution in [3.8, 4) is 0 Å². The van der Waals surface area contributed by atoms with Crippen molar-refractivity contribution in [1.82, 2.24) is 0 Å². The molecule has 0 nitrogen and oxygen atoms in total. The standard InChI is InChI=1S/C9H16/c1-4-6-7-8-9(3)5-2/h7-8H,3-6H2,1-2H3/b8-7-. The zero-order chi connectivity index (χ0) is 7.11. The van der Waals surface area contributed by atoms with E-state index in [1.165, 1.54) is 18.4 Å². The molecule has 0 aromatic heterocycles. The normalized spacial score (nSPS) is 10.4. The molecule has 0 unspecified atom stereocenters. The SMILES string of the molecule is C=C(/C=C\CCC)CC. The Morgan fingerprint density at radius 3 is 2.56 bits per heavy atom. The fourth-order valence-corrected chi connectivity index (χ4v) is 0.535. The van der Waals surface area contributed by atoms with Gasteiger partial charge >= 0.3 is 0 Å². The van der Waals surface area contributed by atoms with Gasteiger partial charge < -0.3 is 0 Å². The minimum atomic E-state index is 1.07. The lowest BCUT2D eigenvalue weighted by Gasteiger charge is -1.89. The maximum absolute atomic E-state index is 3.86. The van der Waals surface area contributed by atoms with Gasteiger partial charge in [-0.15, -0.1) is 0 Å². The summed E-state index contributed by atoms with van der Waals surface area (Å²) >= 11 is 0. The Bertz CT molecular complexity index is 98.6. The van der Waals surface area contributed by atoms with Gasteiger partial charge in [-0.05, 0) is 12.8 Å². The number of unbranched alkanes of at least 4 members (excludes halogenated alkanes) is 1. The molecule has 0 heterocycles. The van der Waals surface area contributed by atoms with Gasteiger partial charge in [0.1, 0.15) is 0 Å². The van der Waals surface area contributed by atoms with Crippen LogP contribution >= 0.6 is 0 Å². The molecular formula is C9H16. The summed E-state index contributed by atoms with van der Waals surface area (Å²) in [7, 11) is 0. The highest BCUT2D eigenvalue weighted by atomic mass is 13.9. The summed E-state index contributed by atoms with van der Waals surface area (Å²) in [6, 6.07) is 0. The summed E-state index contributed by atoms with van der Waals surface area (Å²) in [6.45, 7) is 8.16. The van der Waals surface area contributed by atoms with Gasteiger partial charge in [0.25, 0.3) is 0 Å². The first-order valence-corrected chi connectivity index (χ1v) is 3.65. The summed E-state index contributed by atoms with van der Waals surface area (Å²) in [6.07, 6.45) is 7.78. The van der Waals surface area contributed by atoms with Crippen LogP contribution in [-0.2, 0) is 0 Å². The molecule has 0 amide bonds. The first-order chi connectivity index (χ1) is 4.31. The van der Waals surface area contributed by atoms with Crippen molar-refractivity contribution >= 4 is 0 Å². The highest BCUT2D eigenvalue weighted by molar-refractivity contribution is 5.13. The van der Waals surface area contributed by atoms with E-state index in [9.17, 15) is 0 Å². The van der Waals surface area contributed by atoms with Crippen LogP contribution in [0.4, 0.5) is 0 Å². The van der Waals surface area contributed by atoms with Crippen molar-refractivity contribution in [2.24, 2.45) is 0 Å². The van der Waals surface area contributed by atoms with E-state index in [-0.39, 0.29) is 0 Å². The molecule has 0 saturated carbocycles. The van der Waals surface area contributed by atoms with Gasteiger partial charge in [-0.3, -0.25) is 0 Å². The third-order valence-electron chi connectivity index (χ3n) is 1.26.